The van der Waals surface area contributed by atoms with Gasteiger partial charge in [0.25, 0.3) is 0 Å². The second kappa shape index (κ2) is 6.72. The first-order valence-electron chi connectivity index (χ1n) is 7.37. The van der Waals surface area contributed by atoms with Crippen LogP contribution in [0.4, 0.5) is 0 Å². The summed E-state index contributed by atoms with van der Waals surface area (Å²) in [6, 6.07) is 9.18. The van der Waals surface area contributed by atoms with Gasteiger partial charge in [-0.3, -0.25) is 0 Å². The van der Waals surface area contributed by atoms with Gasteiger partial charge in [0.05, 0.1) is 0 Å². The van der Waals surface area contributed by atoms with Crippen LogP contribution in [-0.4, -0.2) is 6.29 Å². The fourth-order valence-corrected chi connectivity index (χ4v) is 2.93. The van der Waals surface area contributed by atoms with Crippen LogP contribution >= 0.6 is 0 Å². The van der Waals surface area contributed by atoms with Gasteiger partial charge < -0.3 is 4.79 Å². The molecule has 0 aromatic heterocycles. The standard InChI is InChI=1S/C17H24O/c1-2-3-4-14-5-9-16(10-6-14)17-11-7-15(13-18)8-12-17/h5-6,9-10,13,15,17H,2-4,7-8,11-12H2,1H3. The van der Waals surface area contributed by atoms with Crippen molar-refractivity contribution >= 4 is 6.29 Å². The van der Waals surface area contributed by atoms with Gasteiger partial charge in [0, 0.05) is 5.92 Å². The minimum Gasteiger partial charge on any atom is -0.303 e. The molecule has 98 valence electrons. The molecule has 0 unspecified atom stereocenters. The number of carbonyl (C=O) groups is 1. The number of benzene rings is 1. The van der Waals surface area contributed by atoms with Crippen molar-refractivity contribution in [3.63, 3.8) is 0 Å². The van der Waals surface area contributed by atoms with E-state index < -0.39 is 0 Å². The lowest BCUT2D eigenvalue weighted by molar-refractivity contribution is -0.111. The molecule has 1 aromatic carbocycles. The van der Waals surface area contributed by atoms with Crippen molar-refractivity contribution < 1.29 is 4.79 Å². The lowest BCUT2D eigenvalue weighted by atomic mass is 9.79. The van der Waals surface area contributed by atoms with Gasteiger partial charge in [-0.25, -0.2) is 0 Å². The van der Waals surface area contributed by atoms with E-state index in [2.05, 4.69) is 31.2 Å². The number of aryl methyl sites for hydroxylation is 1. The normalized spacial score (nSPS) is 23.8. The van der Waals surface area contributed by atoms with Crippen LogP contribution in [0.15, 0.2) is 24.3 Å². The lowest BCUT2D eigenvalue weighted by Crippen LogP contribution is -2.14. The summed E-state index contributed by atoms with van der Waals surface area (Å²) in [7, 11) is 0. The third-order valence-corrected chi connectivity index (χ3v) is 4.23. The van der Waals surface area contributed by atoms with Crippen LogP contribution in [0.1, 0.15) is 62.5 Å². The van der Waals surface area contributed by atoms with Crippen LogP contribution in [0.2, 0.25) is 0 Å². The van der Waals surface area contributed by atoms with Crippen molar-refractivity contribution in [3.05, 3.63) is 35.4 Å². The zero-order chi connectivity index (χ0) is 12.8. The van der Waals surface area contributed by atoms with E-state index in [9.17, 15) is 4.79 Å². The summed E-state index contributed by atoms with van der Waals surface area (Å²) in [5, 5.41) is 0. The smallest absolute Gasteiger partial charge is 0.123 e. The van der Waals surface area contributed by atoms with Crippen LogP contribution < -0.4 is 0 Å². The number of hydrogen-bond donors (Lipinski definition) is 0. The molecule has 1 aliphatic rings. The summed E-state index contributed by atoms with van der Waals surface area (Å²) >= 11 is 0. The maximum Gasteiger partial charge on any atom is 0.123 e. The molecule has 1 saturated carbocycles. The number of rotatable bonds is 5. The van der Waals surface area contributed by atoms with E-state index in [1.807, 2.05) is 0 Å². The third kappa shape index (κ3) is 3.44. The zero-order valence-corrected chi connectivity index (χ0v) is 11.4. The van der Waals surface area contributed by atoms with E-state index in [0.717, 1.165) is 19.1 Å². The molecule has 0 aliphatic heterocycles. The van der Waals surface area contributed by atoms with E-state index in [1.165, 1.54) is 43.2 Å². The molecular formula is C17H24O. The minimum absolute atomic E-state index is 0.324. The van der Waals surface area contributed by atoms with Gasteiger partial charge in [0.2, 0.25) is 0 Å². The molecule has 1 fully saturated rings. The molecule has 0 saturated heterocycles. The Morgan fingerprint density at radius 1 is 1.11 bits per heavy atom. The van der Waals surface area contributed by atoms with E-state index in [-0.39, 0.29) is 0 Å². The van der Waals surface area contributed by atoms with E-state index in [0.29, 0.717) is 11.8 Å². The Kier molecular flexibility index (Phi) is 4.98. The molecule has 0 atom stereocenters. The van der Waals surface area contributed by atoms with Crippen molar-refractivity contribution in [2.75, 3.05) is 0 Å². The van der Waals surface area contributed by atoms with Crippen molar-refractivity contribution in [1.82, 2.24) is 0 Å². The monoisotopic (exact) mass is 244 g/mol. The second-order valence-corrected chi connectivity index (χ2v) is 5.59. The van der Waals surface area contributed by atoms with Crippen LogP contribution in [-0.2, 0) is 11.2 Å². The van der Waals surface area contributed by atoms with Gasteiger partial charge in [-0.1, -0.05) is 37.6 Å². The quantitative estimate of drug-likeness (QED) is 0.697. The molecule has 0 N–H and O–H groups in total. The molecule has 1 nitrogen and oxygen atoms in total. The van der Waals surface area contributed by atoms with Crippen LogP contribution in [0.3, 0.4) is 0 Å². The Bertz CT molecular complexity index is 358. The SMILES string of the molecule is CCCCc1ccc(C2CCC(C=O)CC2)cc1. The van der Waals surface area contributed by atoms with Gasteiger partial charge in [-0.15, -0.1) is 0 Å². The summed E-state index contributed by atoms with van der Waals surface area (Å²) in [6.07, 6.45) is 9.40. The molecule has 1 aliphatic carbocycles. The first kappa shape index (κ1) is 13.3. The maximum atomic E-state index is 10.7. The number of hydrogen-bond acceptors (Lipinski definition) is 1. The summed E-state index contributed by atoms with van der Waals surface area (Å²) < 4.78 is 0. The number of aldehydes is 1. The van der Waals surface area contributed by atoms with E-state index in [4.69, 9.17) is 0 Å². The number of carbonyl (C=O) groups excluding carboxylic acids is 1. The van der Waals surface area contributed by atoms with Crippen molar-refractivity contribution in [3.8, 4) is 0 Å². The van der Waals surface area contributed by atoms with E-state index >= 15 is 0 Å². The highest BCUT2D eigenvalue weighted by atomic mass is 16.1. The first-order valence-corrected chi connectivity index (χ1v) is 7.37. The second-order valence-electron chi connectivity index (χ2n) is 5.59. The molecule has 0 heterocycles. The van der Waals surface area contributed by atoms with Crippen molar-refractivity contribution in [2.24, 2.45) is 5.92 Å². The molecule has 18 heavy (non-hydrogen) atoms. The fraction of sp³-hybridized carbons (Fsp3) is 0.588. The largest absolute Gasteiger partial charge is 0.303 e. The predicted octanol–water partition coefficient (Wildman–Crippen LogP) is 4.50. The van der Waals surface area contributed by atoms with E-state index in [1.54, 1.807) is 0 Å². The molecule has 0 amide bonds. The summed E-state index contributed by atoms with van der Waals surface area (Å²) in [5.41, 5.74) is 2.93. The van der Waals surface area contributed by atoms with Crippen LogP contribution in [0.25, 0.3) is 0 Å². The maximum absolute atomic E-state index is 10.7. The molecule has 0 spiro atoms. The van der Waals surface area contributed by atoms with Crippen LogP contribution in [0.5, 0.6) is 0 Å². The summed E-state index contributed by atoms with van der Waals surface area (Å²) in [4.78, 5) is 10.7. The Balaban J connectivity index is 1.91. The van der Waals surface area contributed by atoms with Crippen LogP contribution in [0, 0.1) is 5.92 Å². The minimum atomic E-state index is 0.324. The Morgan fingerprint density at radius 3 is 2.33 bits per heavy atom. The highest BCUT2D eigenvalue weighted by molar-refractivity contribution is 5.53. The molecule has 1 aromatic rings. The fourth-order valence-electron chi connectivity index (χ4n) is 2.93. The summed E-state index contributed by atoms with van der Waals surface area (Å²) in [5.74, 6) is 1.01. The molecule has 0 bridgehead atoms. The van der Waals surface area contributed by atoms with Gasteiger partial charge in [-0.05, 0) is 55.6 Å². The Hall–Kier alpha value is -1.11. The van der Waals surface area contributed by atoms with Crippen molar-refractivity contribution in [1.29, 1.82) is 0 Å². The third-order valence-electron chi connectivity index (χ3n) is 4.23. The van der Waals surface area contributed by atoms with Gasteiger partial charge in [0.1, 0.15) is 6.29 Å². The Labute approximate surface area is 111 Å². The summed E-state index contributed by atoms with van der Waals surface area (Å²) in [6.45, 7) is 2.24. The van der Waals surface area contributed by atoms with Gasteiger partial charge in [0.15, 0.2) is 0 Å². The highest BCUT2D eigenvalue weighted by Crippen LogP contribution is 2.35. The first-order chi connectivity index (χ1) is 8.83. The molecule has 2 rings (SSSR count). The highest BCUT2D eigenvalue weighted by Gasteiger charge is 2.21. The Morgan fingerprint density at radius 2 is 1.78 bits per heavy atom. The average Bonchev–Trinajstić information content (AvgIpc) is 2.46. The topological polar surface area (TPSA) is 17.1 Å². The zero-order valence-electron chi connectivity index (χ0n) is 11.4. The van der Waals surface area contributed by atoms with Gasteiger partial charge in [-0.2, -0.15) is 0 Å². The molecular weight excluding hydrogens is 220 g/mol. The average molecular weight is 244 g/mol. The molecule has 1 heteroatoms. The predicted molar refractivity (Wildman–Crippen MR) is 75.8 cm³/mol. The van der Waals surface area contributed by atoms with Crippen molar-refractivity contribution in [2.45, 2.75) is 57.8 Å². The number of unbranched alkanes of at least 4 members (excludes halogenated alkanes) is 1. The van der Waals surface area contributed by atoms with Gasteiger partial charge >= 0.3 is 0 Å². The lowest BCUT2D eigenvalue weighted by Gasteiger charge is -2.25. The molecule has 0 radical (unpaired) electrons.